The number of hydrogen-bond acceptors (Lipinski definition) is 4. The minimum Gasteiger partial charge on any atom is -0.489 e. The maximum absolute atomic E-state index is 13.0. The van der Waals surface area contributed by atoms with E-state index in [1.807, 2.05) is 55.5 Å². The lowest BCUT2D eigenvalue weighted by Crippen LogP contribution is -2.44. The summed E-state index contributed by atoms with van der Waals surface area (Å²) in [5, 5.41) is 3.47. The van der Waals surface area contributed by atoms with Crippen molar-refractivity contribution in [2.75, 3.05) is 32.2 Å². The fourth-order valence-corrected chi connectivity index (χ4v) is 2.96. The lowest BCUT2D eigenvalue weighted by atomic mass is 10.0. The maximum Gasteiger partial charge on any atom is 0.257 e. The van der Waals surface area contributed by atoms with E-state index in [0.29, 0.717) is 25.3 Å². The van der Waals surface area contributed by atoms with Crippen LogP contribution >= 0.6 is 0 Å². The van der Waals surface area contributed by atoms with Gasteiger partial charge in [0.15, 0.2) is 0 Å². The first-order chi connectivity index (χ1) is 12.6. The molecule has 5 heteroatoms. The highest BCUT2D eigenvalue weighted by Crippen LogP contribution is 2.33. The molecule has 2 aromatic carbocycles. The standard InChI is InChI=1S/C21H24N2O3/c1-15(2)14-26-17-8-6-7-16(13-17)20-22-19-10-5-4-9-18(19)21(24)23(20)11-12-25-3/h4-10,13,20,22H,1,11-12,14H2,2-3H3. The van der Waals surface area contributed by atoms with Gasteiger partial charge in [-0.2, -0.15) is 0 Å². The first-order valence-corrected chi connectivity index (χ1v) is 8.63. The van der Waals surface area contributed by atoms with E-state index in [-0.39, 0.29) is 12.1 Å². The fourth-order valence-electron chi connectivity index (χ4n) is 2.96. The zero-order valence-corrected chi connectivity index (χ0v) is 15.2. The molecule has 1 N–H and O–H groups in total. The van der Waals surface area contributed by atoms with Crippen LogP contribution in [-0.4, -0.2) is 37.7 Å². The number of hydrogen-bond donors (Lipinski definition) is 1. The van der Waals surface area contributed by atoms with Crippen molar-refractivity contribution in [3.8, 4) is 5.75 Å². The van der Waals surface area contributed by atoms with Crippen LogP contribution in [0.15, 0.2) is 60.7 Å². The molecule has 1 heterocycles. The molecule has 1 atom stereocenters. The normalized spacial score (nSPS) is 16.0. The van der Waals surface area contributed by atoms with Gasteiger partial charge in [0.05, 0.1) is 12.2 Å². The molecule has 3 rings (SSSR count). The third kappa shape index (κ3) is 3.89. The molecule has 2 aromatic rings. The van der Waals surface area contributed by atoms with Crippen molar-refractivity contribution in [2.24, 2.45) is 0 Å². The van der Waals surface area contributed by atoms with Gasteiger partial charge in [-0.25, -0.2) is 0 Å². The number of nitrogens with one attached hydrogen (secondary N) is 1. The van der Waals surface area contributed by atoms with Gasteiger partial charge < -0.3 is 19.7 Å². The third-order valence-electron chi connectivity index (χ3n) is 4.22. The average molecular weight is 352 g/mol. The summed E-state index contributed by atoms with van der Waals surface area (Å²) < 4.78 is 11.0. The van der Waals surface area contributed by atoms with Gasteiger partial charge in [-0.3, -0.25) is 4.79 Å². The van der Waals surface area contributed by atoms with E-state index in [9.17, 15) is 4.79 Å². The number of carbonyl (C=O) groups excluding carboxylic acids is 1. The monoisotopic (exact) mass is 352 g/mol. The Morgan fingerprint density at radius 1 is 1.23 bits per heavy atom. The van der Waals surface area contributed by atoms with Crippen LogP contribution in [0.5, 0.6) is 5.75 Å². The summed E-state index contributed by atoms with van der Waals surface area (Å²) in [5.41, 5.74) is 3.43. The molecule has 1 aliphatic rings. The van der Waals surface area contributed by atoms with Gasteiger partial charge >= 0.3 is 0 Å². The Morgan fingerprint density at radius 2 is 2.04 bits per heavy atom. The van der Waals surface area contributed by atoms with E-state index in [0.717, 1.165) is 22.6 Å². The van der Waals surface area contributed by atoms with E-state index in [2.05, 4.69) is 11.9 Å². The van der Waals surface area contributed by atoms with E-state index in [4.69, 9.17) is 9.47 Å². The molecule has 0 spiro atoms. The molecule has 1 unspecified atom stereocenters. The first kappa shape index (κ1) is 18.0. The van der Waals surface area contributed by atoms with Crippen molar-refractivity contribution in [3.05, 3.63) is 71.8 Å². The van der Waals surface area contributed by atoms with Crippen molar-refractivity contribution >= 4 is 11.6 Å². The summed E-state index contributed by atoms with van der Waals surface area (Å²) in [6.45, 7) is 7.22. The molecule has 26 heavy (non-hydrogen) atoms. The van der Waals surface area contributed by atoms with Crippen molar-refractivity contribution in [2.45, 2.75) is 13.1 Å². The van der Waals surface area contributed by atoms with Crippen molar-refractivity contribution < 1.29 is 14.3 Å². The molecule has 0 fully saturated rings. The Balaban J connectivity index is 1.92. The van der Waals surface area contributed by atoms with Crippen molar-refractivity contribution in [1.29, 1.82) is 0 Å². The van der Waals surface area contributed by atoms with Crippen LogP contribution in [0.3, 0.4) is 0 Å². The summed E-state index contributed by atoms with van der Waals surface area (Å²) in [4.78, 5) is 14.8. The third-order valence-corrected chi connectivity index (χ3v) is 4.22. The highest BCUT2D eigenvalue weighted by molar-refractivity contribution is 6.01. The number of anilines is 1. The predicted octanol–water partition coefficient (Wildman–Crippen LogP) is 3.85. The lowest BCUT2D eigenvalue weighted by Gasteiger charge is -2.38. The highest BCUT2D eigenvalue weighted by Gasteiger charge is 2.32. The molecule has 0 aliphatic carbocycles. The summed E-state index contributed by atoms with van der Waals surface area (Å²) in [7, 11) is 1.64. The van der Waals surface area contributed by atoms with Crippen LogP contribution in [0.4, 0.5) is 5.69 Å². The van der Waals surface area contributed by atoms with Gasteiger partial charge in [0.1, 0.15) is 18.5 Å². The Labute approximate surface area is 154 Å². The number of amides is 1. The lowest BCUT2D eigenvalue weighted by molar-refractivity contribution is 0.0609. The Hall–Kier alpha value is -2.79. The number of fused-ring (bicyclic) bond motifs is 1. The molecule has 0 radical (unpaired) electrons. The van der Waals surface area contributed by atoms with E-state index < -0.39 is 0 Å². The molecule has 1 aliphatic heterocycles. The molecule has 0 saturated heterocycles. The van der Waals surface area contributed by atoms with Crippen molar-refractivity contribution in [1.82, 2.24) is 4.90 Å². The largest absolute Gasteiger partial charge is 0.489 e. The number of carbonyl (C=O) groups is 1. The molecule has 1 amide bonds. The van der Waals surface area contributed by atoms with Crippen LogP contribution in [0.25, 0.3) is 0 Å². The van der Waals surface area contributed by atoms with Gasteiger partial charge in [0, 0.05) is 19.3 Å². The Morgan fingerprint density at radius 3 is 2.81 bits per heavy atom. The van der Waals surface area contributed by atoms with E-state index in [1.54, 1.807) is 12.0 Å². The van der Waals surface area contributed by atoms with Crippen LogP contribution in [-0.2, 0) is 4.74 Å². The molecule has 0 saturated carbocycles. The average Bonchev–Trinajstić information content (AvgIpc) is 2.66. The molecule has 5 nitrogen and oxygen atoms in total. The molecule has 136 valence electrons. The number of benzene rings is 2. The minimum absolute atomic E-state index is 0.00495. The van der Waals surface area contributed by atoms with Crippen LogP contribution in [0.2, 0.25) is 0 Å². The summed E-state index contributed by atoms with van der Waals surface area (Å²) in [6.07, 6.45) is -0.277. The number of nitrogens with zero attached hydrogens (tertiary/aromatic N) is 1. The number of methoxy groups -OCH3 is 1. The maximum atomic E-state index is 13.0. The number of ether oxygens (including phenoxy) is 2. The Kier molecular flexibility index (Phi) is 5.58. The fraction of sp³-hybridized carbons (Fsp3) is 0.286. The van der Waals surface area contributed by atoms with Gasteiger partial charge in [-0.05, 0) is 42.3 Å². The van der Waals surface area contributed by atoms with E-state index in [1.165, 1.54) is 0 Å². The van der Waals surface area contributed by atoms with E-state index >= 15 is 0 Å². The minimum atomic E-state index is -0.277. The van der Waals surface area contributed by atoms with Crippen LogP contribution < -0.4 is 10.1 Å². The van der Waals surface area contributed by atoms with Gasteiger partial charge in [0.2, 0.25) is 0 Å². The second kappa shape index (κ2) is 8.06. The van der Waals surface area contributed by atoms with Crippen LogP contribution in [0.1, 0.15) is 29.0 Å². The smallest absolute Gasteiger partial charge is 0.257 e. The van der Waals surface area contributed by atoms with Gasteiger partial charge in [-0.1, -0.05) is 30.8 Å². The second-order valence-corrected chi connectivity index (χ2v) is 6.40. The first-order valence-electron chi connectivity index (χ1n) is 8.63. The SMILES string of the molecule is C=C(C)COc1cccc(C2Nc3ccccc3C(=O)N2CCOC)c1. The molecular weight excluding hydrogens is 328 g/mol. The highest BCUT2D eigenvalue weighted by atomic mass is 16.5. The topological polar surface area (TPSA) is 50.8 Å². The Bertz CT molecular complexity index is 803. The number of rotatable bonds is 7. The van der Waals surface area contributed by atoms with Gasteiger partial charge in [-0.15, -0.1) is 0 Å². The zero-order chi connectivity index (χ0) is 18.5. The van der Waals surface area contributed by atoms with Crippen LogP contribution in [0, 0.1) is 0 Å². The molecule has 0 bridgehead atoms. The molecular formula is C21H24N2O3. The summed E-state index contributed by atoms with van der Waals surface area (Å²) >= 11 is 0. The predicted molar refractivity (Wildman–Crippen MR) is 102 cm³/mol. The second-order valence-electron chi connectivity index (χ2n) is 6.40. The van der Waals surface area contributed by atoms with Crippen molar-refractivity contribution in [3.63, 3.8) is 0 Å². The van der Waals surface area contributed by atoms with Gasteiger partial charge in [0.25, 0.3) is 5.91 Å². The summed E-state index contributed by atoms with van der Waals surface area (Å²) in [5.74, 6) is 0.750. The molecule has 0 aromatic heterocycles. The zero-order valence-electron chi connectivity index (χ0n) is 15.2. The number of para-hydroxylation sites is 1. The summed E-state index contributed by atoms with van der Waals surface area (Å²) in [6, 6.07) is 15.4. The quantitative estimate of drug-likeness (QED) is 0.769.